The second-order valence-corrected chi connectivity index (χ2v) is 5.13. The molecule has 1 heterocycles. The van der Waals surface area contributed by atoms with Crippen LogP contribution in [0.3, 0.4) is 0 Å². The predicted molar refractivity (Wildman–Crippen MR) is 71.9 cm³/mol. The van der Waals surface area contributed by atoms with Crippen LogP contribution in [0.1, 0.15) is 6.42 Å². The minimum atomic E-state index is -4.67. The Morgan fingerprint density at radius 1 is 1.38 bits per heavy atom. The largest absolute Gasteiger partial charge is 0.415 e. The van der Waals surface area contributed by atoms with Crippen molar-refractivity contribution >= 4 is 11.6 Å². The molecular weight excluding hydrogens is 285 g/mol. The van der Waals surface area contributed by atoms with Crippen LogP contribution in [-0.2, 0) is 4.79 Å². The summed E-state index contributed by atoms with van der Waals surface area (Å²) in [6.07, 6.45) is -6.68. The van der Waals surface area contributed by atoms with Crippen LogP contribution >= 0.6 is 0 Å². The monoisotopic (exact) mass is 302 g/mol. The molecule has 0 saturated carbocycles. The Bertz CT molecular complexity index is 493. The fraction of sp³-hybridized carbons (Fsp3) is 0.500. The zero-order valence-electron chi connectivity index (χ0n) is 11.5. The molecule has 1 aliphatic heterocycles. The number of carbonyl (C=O) groups excluding carboxylic acids is 1. The molecule has 116 valence electrons. The Morgan fingerprint density at radius 3 is 2.57 bits per heavy atom. The van der Waals surface area contributed by atoms with Gasteiger partial charge in [-0.2, -0.15) is 13.2 Å². The van der Waals surface area contributed by atoms with Crippen LogP contribution < -0.4 is 4.90 Å². The number of hydrogen-bond donors (Lipinski definition) is 1. The summed E-state index contributed by atoms with van der Waals surface area (Å²) < 4.78 is 37.1. The molecule has 1 saturated heterocycles. The molecule has 1 aromatic carbocycles. The van der Waals surface area contributed by atoms with Gasteiger partial charge in [0.05, 0.1) is 6.04 Å². The number of alkyl halides is 3. The van der Waals surface area contributed by atoms with Gasteiger partial charge in [0.2, 0.25) is 5.91 Å². The maximum atomic E-state index is 12.4. The van der Waals surface area contributed by atoms with Gasteiger partial charge in [-0.25, -0.2) is 0 Å². The van der Waals surface area contributed by atoms with Gasteiger partial charge in [0.25, 0.3) is 0 Å². The summed E-state index contributed by atoms with van der Waals surface area (Å²) in [6.45, 7) is -0.150. The van der Waals surface area contributed by atoms with E-state index >= 15 is 0 Å². The summed E-state index contributed by atoms with van der Waals surface area (Å²) in [5.74, 6) is -0.238. The van der Waals surface area contributed by atoms with Crippen molar-refractivity contribution in [3.05, 3.63) is 30.3 Å². The fourth-order valence-electron chi connectivity index (χ4n) is 2.44. The first-order valence-electron chi connectivity index (χ1n) is 6.62. The van der Waals surface area contributed by atoms with Crippen LogP contribution in [0, 0.1) is 0 Å². The molecule has 4 nitrogen and oxygen atoms in total. The van der Waals surface area contributed by atoms with Crippen molar-refractivity contribution in [1.82, 2.24) is 4.90 Å². The Kier molecular flexibility index (Phi) is 4.53. The number of carbonyl (C=O) groups is 1. The molecule has 0 radical (unpaired) electrons. The second-order valence-electron chi connectivity index (χ2n) is 5.13. The third-order valence-electron chi connectivity index (χ3n) is 3.62. The lowest BCUT2D eigenvalue weighted by Crippen LogP contribution is -2.46. The van der Waals surface area contributed by atoms with Gasteiger partial charge in [0.15, 0.2) is 6.10 Å². The van der Waals surface area contributed by atoms with Gasteiger partial charge < -0.3 is 10.0 Å². The quantitative estimate of drug-likeness (QED) is 0.920. The molecule has 1 N–H and O–H groups in total. The number of rotatable bonds is 4. The molecule has 2 rings (SSSR count). The fourth-order valence-corrected chi connectivity index (χ4v) is 2.44. The minimum Gasteiger partial charge on any atom is -0.382 e. The average molecular weight is 302 g/mol. The second kappa shape index (κ2) is 6.03. The van der Waals surface area contributed by atoms with Crippen LogP contribution in [0.2, 0.25) is 0 Å². The highest BCUT2D eigenvalue weighted by Crippen LogP contribution is 2.25. The number of anilines is 1. The number of nitrogens with zero attached hydrogens (tertiary/aromatic N) is 2. The first-order valence-corrected chi connectivity index (χ1v) is 6.62. The number of hydrogen-bond acceptors (Lipinski definition) is 3. The highest BCUT2D eigenvalue weighted by molar-refractivity contribution is 5.99. The van der Waals surface area contributed by atoms with Crippen molar-refractivity contribution in [1.29, 1.82) is 0 Å². The van der Waals surface area contributed by atoms with Crippen molar-refractivity contribution in [2.45, 2.75) is 24.7 Å². The van der Waals surface area contributed by atoms with Crippen LogP contribution in [-0.4, -0.2) is 54.4 Å². The Balaban J connectivity index is 2.01. The lowest BCUT2D eigenvalue weighted by atomic mass is 10.2. The maximum absolute atomic E-state index is 12.4. The van der Waals surface area contributed by atoms with Crippen molar-refractivity contribution in [3.63, 3.8) is 0 Å². The number of para-hydroxylation sites is 1. The summed E-state index contributed by atoms with van der Waals surface area (Å²) in [4.78, 5) is 15.1. The van der Waals surface area contributed by atoms with Crippen LogP contribution in [0.5, 0.6) is 0 Å². The molecule has 7 heteroatoms. The van der Waals surface area contributed by atoms with Crippen molar-refractivity contribution in [2.24, 2.45) is 0 Å². The van der Waals surface area contributed by atoms with Crippen molar-refractivity contribution in [3.8, 4) is 0 Å². The normalized spacial score (nSPS) is 21.1. The van der Waals surface area contributed by atoms with E-state index in [9.17, 15) is 18.0 Å². The van der Waals surface area contributed by atoms with Crippen LogP contribution in [0.15, 0.2) is 30.3 Å². The zero-order valence-corrected chi connectivity index (χ0v) is 11.5. The summed E-state index contributed by atoms with van der Waals surface area (Å²) in [5, 5.41) is 9.09. The molecule has 21 heavy (non-hydrogen) atoms. The van der Waals surface area contributed by atoms with E-state index in [1.165, 1.54) is 11.9 Å². The third-order valence-corrected chi connectivity index (χ3v) is 3.62. The smallest absolute Gasteiger partial charge is 0.382 e. The van der Waals surface area contributed by atoms with Crippen molar-refractivity contribution in [2.75, 3.05) is 25.0 Å². The highest BCUT2D eigenvalue weighted by Gasteiger charge is 2.42. The number of likely N-dealkylation sites (N-methyl/N-ethyl adjacent to an activating group) is 1. The molecule has 0 bridgehead atoms. The van der Waals surface area contributed by atoms with E-state index in [1.807, 2.05) is 6.07 Å². The van der Waals surface area contributed by atoms with E-state index in [1.54, 1.807) is 29.2 Å². The molecule has 1 aromatic rings. The molecule has 0 aliphatic carbocycles. The molecule has 0 spiro atoms. The van der Waals surface area contributed by atoms with E-state index < -0.39 is 24.9 Å². The van der Waals surface area contributed by atoms with E-state index in [0.29, 0.717) is 13.0 Å². The van der Waals surface area contributed by atoms with E-state index in [0.717, 1.165) is 5.69 Å². The van der Waals surface area contributed by atoms with E-state index in [4.69, 9.17) is 5.11 Å². The Morgan fingerprint density at radius 2 is 2.00 bits per heavy atom. The highest BCUT2D eigenvalue weighted by atomic mass is 19.4. The lowest BCUT2D eigenvalue weighted by molar-refractivity contribution is -0.208. The molecule has 0 aromatic heterocycles. The van der Waals surface area contributed by atoms with Crippen molar-refractivity contribution < 1.29 is 23.1 Å². The molecular formula is C14H17F3N2O2. The number of aliphatic hydroxyl groups excluding tert-OH is 1. The molecule has 2 atom stereocenters. The summed E-state index contributed by atoms with van der Waals surface area (Å²) in [7, 11) is 1.42. The topological polar surface area (TPSA) is 43.8 Å². The molecule has 1 aliphatic rings. The molecule has 1 amide bonds. The van der Waals surface area contributed by atoms with Gasteiger partial charge in [-0.1, -0.05) is 18.2 Å². The predicted octanol–water partition coefficient (Wildman–Crippen LogP) is 1.65. The molecule has 1 fully saturated rings. The van der Waals surface area contributed by atoms with Gasteiger partial charge in [0, 0.05) is 18.8 Å². The Hall–Kier alpha value is -1.60. The summed E-state index contributed by atoms with van der Waals surface area (Å²) >= 11 is 0. The standard InChI is InChI=1S/C14H17F3N2O2/c1-18(9-12(20)14(15,16)17)11-7-8-19(13(11)21)10-5-3-2-4-6-10/h2-6,11-12,20H,7-9H2,1H3. The lowest BCUT2D eigenvalue weighted by Gasteiger charge is -2.26. The first-order chi connectivity index (χ1) is 9.80. The first kappa shape index (κ1) is 15.8. The SMILES string of the molecule is CN(CC(O)C(F)(F)F)C1CCN(c2ccccc2)C1=O. The van der Waals surface area contributed by atoms with E-state index in [-0.39, 0.29) is 5.91 Å². The van der Waals surface area contributed by atoms with Gasteiger partial charge in [-0.3, -0.25) is 9.69 Å². The van der Waals surface area contributed by atoms with Gasteiger partial charge >= 0.3 is 6.18 Å². The third kappa shape index (κ3) is 3.54. The minimum absolute atomic E-state index is 0.238. The number of halogens is 3. The van der Waals surface area contributed by atoms with E-state index in [2.05, 4.69) is 0 Å². The van der Waals surface area contributed by atoms with Crippen LogP contribution in [0.25, 0.3) is 0 Å². The maximum Gasteiger partial charge on any atom is 0.415 e. The Labute approximate surface area is 120 Å². The molecule has 2 unspecified atom stereocenters. The summed E-state index contributed by atoms with van der Waals surface area (Å²) in [6, 6.07) is 8.35. The van der Waals surface area contributed by atoms with Gasteiger partial charge in [0.1, 0.15) is 0 Å². The summed E-state index contributed by atoms with van der Waals surface area (Å²) in [5.41, 5.74) is 0.731. The zero-order chi connectivity index (χ0) is 15.6. The van der Waals surface area contributed by atoms with Gasteiger partial charge in [-0.05, 0) is 25.6 Å². The number of benzene rings is 1. The number of aliphatic hydroxyl groups is 1. The number of amides is 1. The van der Waals surface area contributed by atoms with Gasteiger partial charge in [-0.15, -0.1) is 0 Å². The van der Waals surface area contributed by atoms with Crippen LogP contribution in [0.4, 0.5) is 18.9 Å². The average Bonchev–Trinajstić information content (AvgIpc) is 2.80.